The summed E-state index contributed by atoms with van der Waals surface area (Å²) in [6.07, 6.45) is 0. The molecule has 3 heteroatoms. The van der Waals surface area contributed by atoms with Crippen LogP contribution in [0.5, 0.6) is 0 Å². The zero-order chi connectivity index (χ0) is 13.7. The van der Waals surface area contributed by atoms with E-state index in [1.807, 2.05) is 18.4 Å². The number of nitrogens with one attached hydrogen (secondary N) is 1. The Morgan fingerprint density at radius 2 is 2.11 bits per heavy atom. The van der Waals surface area contributed by atoms with Gasteiger partial charge in [0.05, 0.1) is 6.54 Å². The quantitative estimate of drug-likeness (QED) is 0.862. The van der Waals surface area contributed by atoms with Crippen LogP contribution in [0.2, 0.25) is 0 Å². The minimum absolute atomic E-state index is 0.934. The van der Waals surface area contributed by atoms with Crippen molar-refractivity contribution in [3.8, 4) is 0 Å². The van der Waals surface area contributed by atoms with Crippen molar-refractivity contribution in [3.05, 3.63) is 51.7 Å². The van der Waals surface area contributed by atoms with E-state index in [9.17, 15) is 0 Å². The summed E-state index contributed by atoms with van der Waals surface area (Å²) in [7, 11) is 1.99. The number of anilines is 1. The molecule has 1 aromatic carbocycles. The topological polar surface area (TPSA) is 15.3 Å². The van der Waals surface area contributed by atoms with Crippen molar-refractivity contribution < 1.29 is 0 Å². The predicted octanol–water partition coefficient (Wildman–Crippen LogP) is 3.80. The van der Waals surface area contributed by atoms with Gasteiger partial charge < -0.3 is 10.2 Å². The van der Waals surface area contributed by atoms with Gasteiger partial charge in [-0.2, -0.15) is 0 Å². The zero-order valence-electron chi connectivity index (χ0n) is 11.9. The van der Waals surface area contributed by atoms with Crippen molar-refractivity contribution in [2.24, 2.45) is 0 Å². The van der Waals surface area contributed by atoms with Gasteiger partial charge in [0.25, 0.3) is 0 Å². The van der Waals surface area contributed by atoms with Gasteiger partial charge in [-0.15, -0.1) is 11.3 Å². The van der Waals surface area contributed by atoms with Gasteiger partial charge in [0.15, 0.2) is 0 Å². The lowest BCUT2D eigenvalue weighted by atomic mass is 10.1. The molecule has 0 aliphatic heterocycles. The van der Waals surface area contributed by atoms with Crippen LogP contribution in [-0.4, -0.2) is 13.6 Å². The fourth-order valence-electron chi connectivity index (χ4n) is 2.24. The molecule has 0 aliphatic rings. The number of aryl methyl sites for hydroxylation is 1. The van der Waals surface area contributed by atoms with Gasteiger partial charge in [0, 0.05) is 23.7 Å². The van der Waals surface area contributed by atoms with Gasteiger partial charge in [0.1, 0.15) is 0 Å². The summed E-state index contributed by atoms with van der Waals surface area (Å²) in [5.41, 5.74) is 4.04. The smallest absolute Gasteiger partial charge is 0.0522 e. The highest BCUT2D eigenvalue weighted by Gasteiger charge is 2.07. The molecule has 1 aromatic heterocycles. The van der Waals surface area contributed by atoms with E-state index >= 15 is 0 Å². The number of rotatable bonds is 6. The Balaban J connectivity index is 2.16. The molecule has 1 heterocycles. The lowest BCUT2D eigenvalue weighted by molar-refractivity contribution is 0.807. The van der Waals surface area contributed by atoms with Crippen LogP contribution in [-0.2, 0) is 13.1 Å². The molecular formula is C16H22N2S. The Kier molecular flexibility index (Phi) is 5.00. The molecule has 0 fully saturated rings. The molecule has 0 amide bonds. The number of hydrogen-bond donors (Lipinski definition) is 1. The maximum atomic E-state index is 3.21. The second-order valence-corrected chi connectivity index (χ2v) is 5.77. The molecule has 0 spiro atoms. The average Bonchev–Trinajstić information content (AvgIpc) is 2.91. The van der Waals surface area contributed by atoms with Crippen LogP contribution in [0.15, 0.2) is 35.7 Å². The van der Waals surface area contributed by atoms with Crippen LogP contribution < -0.4 is 10.2 Å². The Hall–Kier alpha value is -1.32. The molecule has 0 saturated carbocycles. The van der Waals surface area contributed by atoms with Crippen LogP contribution in [0.1, 0.15) is 22.9 Å². The highest BCUT2D eigenvalue weighted by molar-refractivity contribution is 7.09. The lowest BCUT2D eigenvalue weighted by Gasteiger charge is -2.23. The number of nitrogens with zero attached hydrogens (tertiary/aromatic N) is 1. The van der Waals surface area contributed by atoms with Crippen molar-refractivity contribution in [2.45, 2.75) is 26.9 Å². The highest BCUT2D eigenvalue weighted by atomic mass is 32.1. The summed E-state index contributed by atoms with van der Waals surface area (Å²) in [4.78, 5) is 3.83. The van der Waals surface area contributed by atoms with Gasteiger partial charge >= 0.3 is 0 Å². The summed E-state index contributed by atoms with van der Waals surface area (Å²) in [6, 6.07) is 11.1. The highest BCUT2D eigenvalue weighted by Crippen LogP contribution is 2.22. The lowest BCUT2D eigenvalue weighted by Crippen LogP contribution is -2.21. The van der Waals surface area contributed by atoms with Crippen molar-refractivity contribution in [3.63, 3.8) is 0 Å². The second kappa shape index (κ2) is 6.73. The summed E-state index contributed by atoms with van der Waals surface area (Å²) < 4.78 is 0. The fourth-order valence-corrected chi connectivity index (χ4v) is 2.96. The largest absolute Gasteiger partial charge is 0.367 e. The number of thiophene rings is 1. The Morgan fingerprint density at radius 3 is 2.68 bits per heavy atom. The fraction of sp³-hybridized carbons (Fsp3) is 0.375. The van der Waals surface area contributed by atoms with Gasteiger partial charge in [-0.3, -0.25) is 0 Å². The Bertz CT molecular complexity index is 505. The maximum Gasteiger partial charge on any atom is 0.0522 e. The van der Waals surface area contributed by atoms with Gasteiger partial charge in [-0.05, 0) is 55.6 Å². The molecular weight excluding hydrogens is 252 g/mol. The molecule has 0 aliphatic carbocycles. The molecule has 19 heavy (non-hydrogen) atoms. The van der Waals surface area contributed by atoms with Crippen molar-refractivity contribution in [1.29, 1.82) is 0 Å². The van der Waals surface area contributed by atoms with E-state index < -0.39 is 0 Å². The Morgan fingerprint density at radius 1 is 1.26 bits per heavy atom. The Labute approximate surface area is 120 Å². The zero-order valence-corrected chi connectivity index (χ0v) is 12.8. The molecule has 2 aromatic rings. The van der Waals surface area contributed by atoms with Crippen LogP contribution in [0, 0.1) is 6.92 Å². The summed E-state index contributed by atoms with van der Waals surface area (Å²) >= 11 is 1.83. The molecule has 2 rings (SSSR count). The van der Waals surface area contributed by atoms with Crippen LogP contribution in [0.25, 0.3) is 0 Å². The normalized spacial score (nSPS) is 10.7. The molecule has 0 radical (unpaired) electrons. The molecule has 0 atom stereocenters. The second-order valence-electron chi connectivity index (χ2n) is 4.73. The number of hydrogen-bond acceptors (Lipinski definition) is 3. The van der Waals surface area contributed by atoms with Crippen molar-refractivity contribution in [1.82, 2.24) is 5.32 Å². The minimum Gasteiger partial charge on any atom is -0.367 e. The van der Waals surface area contributed by atoms with E-state index in [1.165, 1.54) is 21.7 Å². The van der Waals surface area contributed by atoms with Gasteiger partial charge in [0.2, 0.25) is 0 Å². The van der Waals surface area contributed by atoms with E-state index in [2.05, 4.69) is 59.8 Å². The van der Waals surface area contributed by atoms with E-state index in [1.54, 1.807) is 0 Å². The van der Waals surface area contributed by atoms with Crippen LogP contribution in [0.4, 0.5) is 5.69 Å². The number of benzene rings is 1. The van der Waals surface area contributed by atoms with Crippen molar-refractivity contribution in [2.75, 3.05) is 18.5 Å². The molecule has 0 unspecified atom stereocenters. The van der Waals surface area contributed by atoms with E-state index in [0.29, 0.717) is 0 Å². The first kappa shape index (κ1) is 14.1. The molecule has 1 N–H and O–H groups in total. The maximum absolute atomic E-state index is 3.21. The molecule has 0 saturated heterocycles. The third kappa shape index (κ3) is 3.58. The molecule has 2 nitrogen and oxygen atoms in total. The van der Waals surface area contributed by atoms with E-state index in [-0.39, 0.29) is 0 Å². The van der Waals surface area contributed by atoms with E-state index in [4.69, 9.17) is 0 Å². The minimum atomic E-state index is 0.934. The molecule has 102 valence electrons. The first-order valence-electron chi connectivity index (χ1n) is 6.76. The first-order chi connectivity index (χ1) is 9.24. The third-order valence-electron chi connectivity index (χ3n) is 3.37. The van der Waals surface area contributed by atoms with E-state index in [0.717, 1.165) is 19.6 Å². The van der Waals surface area contributed by atoms with Crippen LogP contribution >= 0.6 is 11.3 Å². The van der Waals surface area contributed by atoms with Gasteiger partial charge in [-0.25, -0.2) is 0 Å². The third-order valence-corrected chi connectivity index (χ3v) is 4.23. The standard InChI is InChI=1S/C16H22N2S/c1-4-18(12-16-6-5-9-19-16)15-8-7-14(11-17-3)13(2)10-15/h5-10,17H,4,11-12H2,1-3H3. The predicted molar refractivity (Wildman–Crippen MR) is 85.0 cm³/mol. The summed E-state index contributed by atoms with van der Waals surface area (Å²) in [5.74, 6) is 0. The summed E-state index contributed by atoms with van der Waals surface area (Å²) in [5, 5.41) is 5.36. The first-order valence-corrected chi connectivity index (χ1v) is 7.64. The van der Waals surface area contributed by atoms with Gasteiger partial charge in [-0.1, -0.05) is 12.1 Å². The monoisotopic (exact) mass is 274 g/mol. The SMILES string of the molecule is CCN(Cc1cccs1)c1ccc(CNC)c(C)c1. The van der Waals surface area contributed by atoms with Crippen molar-refractivity contribution >= 4 is 17.0 Å². The molecule has 0 bridgehead atoms. The summed E-state index contributed by atoms with van der Waals surface area (Å²) in [6.45, 7) is 7.37. The average molecular weight is 274 g/mol. The van der Waals surface area contributed by atoms with Crippen LogP contribution in [0.3, 0.4) is 0 Å².